The van der Waals surface area contributed by atoms with Gasteiger partial charge in [0.15, 0.2) is 0 Å². The molecule has 0 bridgehead atoms. The molecule has 0 aliphatic carbocycles. The summed E-state index contributed by atoms with van der Waals surface area (Å²) in [7, 11) is 0. The molecule has 1 fully saturated rings. The van der Waals surface area contributed by atoms with E-state index in [0.29, 0.717) is 6.04 Å². The molecule has 0 saturated carbocycles. The summed E-state index contributed by atoms with van der Waals surface area (Å²) in [5.74, 6) is 0. The van der Waals surface area contributed by atoms with Crippen molar-refractivity contribution in [2.24, 2.45) is 0 Å². The third-order valence-electron chi connectivity index (χ3n) is 3.21. The fourth-order valence-corrected chi connectivity index (χ4v) is 3.17. The van der Waals surface area contributed by atoms with Gasteiger partial charge in [-0.15, -0.1) is 0 Å². The number of halogens is 2. The Balaban J connectivity index is 1.77. The molecular weight excluding hydrogens is 328 g/mol. The highest BCUT2D eigenvalue weighted by Gasteiger charge is 2.13. The Kier molecular flexibility index (Phi) is 6.10. The molecular formula is C14H20BrClN2O. The van der Waals surface area contributed by atoms with Crippen LogP contribution in [0.15, 0.2) is 22.7 Å². The van der Waals surface area contributed by atoms with Gasteiger partial charge in [-0.3, -0.25) is 4.90 Å². The summed E-state index contributed by atoms with van der Waals surface area (Å²) >= 11 is 9.51. The molecule has 1 aromatic rings. The summed E-state index contributed by atoms with van der Waals surface area (Å²) in [4.78, 5) is 2.44. The van der Waals surface area contributed by atoms with Crippen LogP contribution >= 0.6 is 27.5 Å². The summed E-state index contributed by atoms with van der Waals surface area (Å²) in [6.45, 7) is 7.90. The zero-order valence-electron chi connectivity index (χ0n) is 11.2. The Morgan fingerprint density at radius 3 is 2.79 bits per heavy atom. The minimum atomic E-state index is 0.454. The Morgan fingerprint density at radius 1 is 1.37 bits per heavy atom. The largest absolute Gasteiger partial charge is 0.379 e. The van der Waals surface area contributed by atoms with Crippen LogP contribution in [0.4, 0.5) is 0 Å². The molecule has 19 heavy (non-hydrogen) atoms. The van der Waals surface area contributed by atoms with E-state index < -0.39 is 0 Å². The molecule has 0 spiro atoms. The van der Waals surface area contributed by atoms with Crippen LogP contribution in [0, 0.1) is 0 Å². The highest BCUT2D eigenvalue weighted by molar-refractivity contribution is 9.10. The van der Waals surface area contributed by atoms with Gasteiger partial charge >= 0.3 is 0 Å². The molecule has 1 atom stereocenters. The SMILES string of the molecule is CC(CN1CCOCC1)NCc1cc(Cl)cc(Br)c1. The van der Waals surface area contributed by atoms with Gasteiger partial charge in [0.05, 0.1) is 13.2 Å². The lowest BCUT2D eigenvalue weighted by molar-refractivity contribution is 0.0343. The second kappa shape index (κ2) is 7.60. The van der Waals surface area contributed by atoms with Gasteiger partial charge in [0, 0.05) is 41.7 Å². The number of nitrogens with one attached hydrogen (secondary N) is 1. The monoisotopic (exact) mass is 346 g/mol. The Labute approximate surface area is 128 Å². The van der Waals surface area contributed by atoms with E-state index in [1.807, 2.05) is 12.1 Å². The fraction of sp³-hybridized carbons (Fsp3) is 0.571. The molecule has 3 nitrogen and oxygen atoms in total. The van der Waals surface area contributed by atoms with Crippen LogP contribution < -0.4 is 5.32 Å². The quantitative estimate of drug-likeness (QED) is 0.886. The maximum absolute atomic E-state index is 6.04. The van der Waals surface area contributed by atoms with Crippen molar-refractivity contribution in [2.75, 3.05) is 32.8 Å². The predicted molar refractivity (Wildman–Crippen MR) is 82.7 cm³/mol. The second-order valence-electron chi connectivity index (χ2n) is 4.97. The summed E-state index contributed by atoms with van der Waals surface area (Å²) in [6, 6.07) is 6.46. The Morgan fingerprint density at radius 2 is 2.11 bits per heavy atom. The lowest BCUT2D eigenvalue weighted by Crippen LogP contribution is -2.44. The number of rotatable bonds is 5. The molecule has 1 aliphatic rings. The van der Waals surface area contributed by atoms with E-state index in [1.165, 1.54) is 5.56 Å². The van der Waals surface area contributed by atoms with E-state index in [2.05, 4.69) is 39.1 Å². The molecule has 1 N–H and O–H groups in total. The van der Waals surface area contributed by atoms with Crippen molar-refractivity contribution >= 4 is 27.5 Å². The van der Waals surface area contributed by atoms with E-state index in [-0.39, 0.29) is 0 Å². The first-order valence-corrected chi connectivity index (χ1v) is 7.79. The normalized spacial score (nSPS) is 18.5. The van der Waals surface area contributed by atoms with Crippen LogP contribution in [0.2, 0.25) is 5.02 Å². The van der Waals surface area contributed by atoms with Crippen molar-refractivity contribution < 1.29 is 4.74 Å². The number of hydrogen-bond acceptors (Lipinski definition) is 3. The minimum Gasteiger partial charge on any atom is -0.379 e. The molecule has 1 aromatic carbocycles. The van der Waals surface area contributed by atoms with E-state index in [0.717, 1.165) is 48.9 Å². The van der Waals surface area contributed by atoms with Crippen LogP contribution in [-0.4, -0.2) is 43.8 Å². The smallest absolute Gasteiger partial charge is 0.0594 e. The Hall–Kier alpha value is -0.130. The molecule has 5 heteroatoms. The van der Waals surface area contributed by atoms with Gasteiger partial charge in [0.1, 0.15) is 0 Å². The third kappa shape index (κ3) is 5.40. The predicted octanol–water partition coefficient (Wildman–Crippen LogP) is 2.91. The average Bonchev–Trinajstić information content (AvgIpc) is 2.36. The van der Waals surface area contributed by atoms with Gasteiger partial charge in [0.25, 0.3) is 0 Å². The molecule has 1 saturated heterocycles. The number of ether oxygens (including phenoxy) is 1. The molecule has 0 radical (unpaired) electrons. The van der Waals surface area contributed by atoms with Gasteiger partial charge in [-0.2, -0.15) is 0 Å². The zero-order chi connectivity index (χ0) is 13.7. The summed E-state index contributed by atoms with van der Waals surface area (Å²) in [6.07, 6.45) is 0. The van der Waals surface area contributed by atoms with E-state index in [4.69, 9.17) is 16.3 Å². The van der Waals surface area contributed by atoms with Crippen molar-refractivity contribution in [3.05, 3.63) is 33.3 Å². The molecule has 0 amide bonds. The zero-order valence-corrected chi connectivity index (χ0v) is 13.5. The first-order valence-electron chi connectivity index (χ1n) is 6.62. The van der Waals surface area contributed by atoms with Gasteiger partial charge in [0.2, 0.25) is 0 Å². The van der Waals surface area contributed by atoms with E-state index >= 15 is 0 Å². The van der Waals surface area contributed by atoms with Crippen molar-refractivity contribution in [3.8, 4) is 0 Å². The lowest BCUT2D eigenvalue weighted by Gasteiger charge is -2.29. The average molecular weight is 348 g/mol. The maximum Gasteiger partial charge on any atom is 0.0594 e. The molecule has 1 unspecified atom stereocenters. The number of nitrogens with zero attached hydrogens (tertiary/aromatic N) is 1. The number of benzene rings is 1. The van der Waals surface area contributed by atoms with Gasteiger partial charge in [-0.25, -0.2) is 0 Å². The Bertz CT molecular complexity index is 390. The van der Waals surface area contributed by atoms with Crippen LogP contribution in [0.25, 0.3) is 0 Å². The van der Waals surface area contributed by atoms with Crippen molar-refractivity contribution in [1.29, 1.82) is 0 Å². The molecule has 1 heterocycles. The summed E-state index contributed by atoms with van der Waals surface area (Å²) in [5.41, 5.74) is 1.20. The third-order valence-corrected chi connectivity index (χ3v) is 3.89. The molecule has 2 rings (SSSR count). The van der Waals surface area contributed by atoms with Gasteiger partial charge in [-0.05, 0) is 30.7 Å². The number of morpholine rings is 1. The maximum atomic E-state index is 6.04. The first-order chi connectivity index (χ1) is 9.13. The lowest BCUT2D eigenvalue weighted by atomic mass is 10.2. The van der Waals surface area contributed by atoms with Gasteiger partial charge in [-0.1, -0.05) is 27.5 Å². The summed E-state index contributed by atoms with van der Waals surface area (Å²) < 4.78 is 6.38. The number of hydrogen-bond donors (Lipinski definition) is 1. The summed E-state index contributed by atoms with van der Waals surface area (Å²) in [5, 5.41) is 4.31. The van der Waals surface area contributed by atoms with Crippen molar-refractivity contribution in [1.82, 2.24) is 10.2 Å². The topological polar surface area (TPSA) is 24.5 Å². The van der Waals surface area contributed by atoms with Gasteiger partial charge < -0.3 is 10.1 Å². The first kappa shape index (κ1) is 15.3. The van der Waals surface area contributed by atoms with E-state index in [9.17, 15) is 0 Å². The highest BCUT2D eigenvalue weighted by atomic mass is 79.9. The van der Waals surface area contributed by atoms with Crippen molar-refractivity contribution in [2.45, 2.75) is 19.5 Å². The standard InChI is InChI=1S/C14H20BrClN2O/c1-11(10-18-2-4-19-5-3-18)17-9-12-6-13(15)8-14(16)7-12/h6-8,11,17H,2-5,9-10H2,1H3. The van der Waals surface area contributed by atoms with Crippen LogP contribution in [0.5, 0.6) is 0 Å². The highest BCUT2D eigenvalue weighted by Crippen LogP contribution is 2.19. The second-order valence-corrected chi connectivity index (χ2v) is 6.32. The van der Waals surface area contributed by atoms with Crippen molar-refractivity contribution in [3.63, 3.8) is 0 Å². The molecule has 1 aliphatic heterocycles. The minimum absolute atomic E-state index is 0.454. The fourth-order valence-electron chi connectivity index (χ4n) is 2.24. The van der Waals surface area contributed by atoms with E-state index in [1.54, 1.807) is 0 Å². The molecule has 0 aromatic heterocycles. The van der Waals surface area contributed by atoms with Crippen LogP contribution in [0.1, 0.15) is 12.5 Å². The molecule has 106 valence electrons. The van der Waals surface area contributed by atoms with Crippen LogP contribution in [-0.2, 0) is 11.3 Å². The van der Waals surface area contributed by atoms with Crippen LogP contribution in [0.3, 0.4) is 0 Å².